The summed E-state index contributed by atoms with van der Waals surface area (Å²) in [7, 11) is 0. The van der Waals surface area contributed by atoms with Gasteiger partial charge in [-0.05, 0) is 19.9 Å². The second-order valence-electron chi connectivity index (χ2n) is 2.71. The molecule has 0 fully saturated rings. The van der Waals surface area contributed by atoms with Crippen molar-refractivity contribution in [3.05, 3.63) is 18.3 Å². The van der Waals surface area contributed by atoms with Gasteiger partial charge in [0, 0.05) is 6.07 Å². The van der Waals surface area contributed by atoms with Crippen molar-refractivity contribution in [2.75, 3.05) is 0 Å². The van der Waals surface area contributed by atoms with Gasteiger partial charge >= 0.3 is 0 Å². The summed E-state index contributed by atoms with van der Waals surface area (Å²) in [6.07, 6.45) is 1.52. The molecule has 13 heavy (non-hydrogen) atoms. The number of hydrogen-bond acceptors (Lipinski definition) is 4. The Bertz CT molecular complexity index is 269. The van der Waals surface area contributed by atoms with E-state index in [1.54, 1.807) is 12.1 Å². The molecule has 0 aliphatic heterocycles. The standard InChI is InChI=1S/C9H11NO3/c1-7(2)13-9-4-3-8(5-10-9)12-6-11/h3-7H,1-2H3. The van der Waals surface area contributed by atoms with Crippen LogP contribution >= 0.6 is 0 Å². The van der Waals surface area contributed by atoms with Crippen LogP contribution in [0, 0.1) is 0 Å². The second kappa shape index (κ2) is 4.45. The Morgan fingerprint density at radius 3 is 2.69 bits per heavy atom. The molecule has 0 radical (unpaired) electrons. The van der Waals surface area contributed by atoms with Gasteiger partial charge in [0.15, 0.2) is 0 Å². The highest BCUT2D eigenvalue weighted by molar-refractivity contribution is 5.44. The van der Waals surface area contributed by atoms with E-state index < -0.39 is 0 Å². The molecule has 70 valence electrons. The van der Waals surface area contributed by atoms with Crippen molar-refractivity contribution in [3.63, 3.8) is 0 Å². The van der Waals surface area contributed by atoms with E-state index in [0.717, 1.165) is 0 Å². The summed E-state index contributed by atoms with van der Waals surface area (Å²) in [4.78, 5) is 13.9. The topological polar surface area (TPSA) is 48.4 Å². The molecule has 1 aromatic heterocycles. The fourth-order valence-corrected chi connectivity index (χ4v) is 0.803. The first-order valence-corrected chi connectivity index (χ1v) is 3.95. The fourth-order valence-electron chi connectivity index (χ4n) is 0.803. The van der Waals surface area contributed by atoms with Crippen LogP contribution in [0.25, 0.3) is 0 Å². The molecule has 0 saturated carbocycles. The predicted molar refractivity (Wildman–Crippen MR) is 46.7 cm³/mol. The van der Waals surface area contributed by atoms with Crippen molar-refractivity contribution in [2.24, 2.45) is 0 Å². The Hall–Kier alpha value is -1.58. The summed E-state index contributed by atoms with van der Waals surface area (Å²) in [5.41, 5.74) is 0. The largest absolute Gasteiger partial charge is 0.475 e. The summed E-state index contributed by atoms with van der Waals surface area (Å²) in [5.74, 6) is 0.930. The Balaban J connectivity index is 2.63. The predicted octanol–water partition coefficient (Wildman–Crippen LogP) is 1.40. The third-order valence-electron chi connectivity index (χ3n) is 1.25. The Labute approximate surface area is 76.5 Å². The third-order valence-corrected chi connectivity index (χ3v) is 1.25. The quantitative estimate of drug-likeness (QED) is 0.659. The molecule has 1 aromatic rings. The molecule has 0 aliphatic rings. The second-order valence-corrected chi connectivity index (χ2v) is 2.71. The molecule has 0 saturated heterocycles. The number of ether oxygens (including phenoxy) is 2. The molecule has 0 bridgehead atoms. The maximum atomic E-state index is 9.96. The van der Waals surface area contributed by atoms with Crippen LogP contribution in [0.2, 0.25) is 0 Å². The lowest BCUT2D eigenvalue weighted by Crippen LogP contribution is -2.06. The van der Waals surface area contributed by atoms with E-state index in [1.165, 1.54) is 6.20 Å². The molecule has 0 unspecified atom stereocenters. The van der Waals surface area contributed by atoms with Crippen molar-refractivity contribution in [1.82, 2.24) is 4.98 Å². The van der Waals surface area contributed by atoms with Crippen LogP contribution in [-0.4, -0.2) is 17.6 Å². The Morgan fingerprint density at radius 2 is 2.23 bits per heavy atom. The first kappa shape index (κ1) is 9.51. The molecule has 0 N–H and O–H groups in total. The minimum Gasteiger partial charge on any atom is -0.475 e. The van der Waals surface area contributed by atoms with Gasteiger partial charge in [-0.2, -0.15) is 0 Å². The molecular formula is C9H11NO3. The summed E-state index contributed by atoms with van der Waals surface area (Å²) >= 11 is 0. The zero-order chi connectivity index (χ0) is 9.68. The normalized spacial score (nSPS) is 9.77. The third kappa shape index (κ3) is 3.11. The van der Waals surface area contributed by atoms with Gasteiger partial charge < -0.3 is 9.47 Å². The zero-order valence-electron chi connectivity index (χ0n) is 7.56. The maximum Gasteiger partial charge on any atom is 0.298 e. The Morgan fingerprint density at radius 1 is 1.46 bits per heavy atom. The fraction of sp³-hybridized carbons (Fsp3) is 0.333. The highest BCUT2D eigenvalue weighted by Crippen LogP contribution is 2.13. The lowest BCUT2D eigenvalue weighted by atomic mass is 10.4. The molecule has 4 heteroatoms. The number of aromatic nitrogens is 1. The van der Waals surface area contributed by atoms with Crippen LogP contribution in [0.4, 0.5) is 0 Å². The SMILES string of the molecule is CC(C)Oc1ccc(OC=O)cn1. The van der Waals surface area contributed by atoms with Gasteiger partial charge in [-0.25, -0.2) is 4.98 Å². The van der Waals surface area contributed by atoms with Gasteiger partial charge in [-0.1, -0.05) is 0 Å². The minimum absolute atomic E-state index is 0.0883. The molecular weight excluding hydrogens is 170 g/mol. The van der Waals surface area contributed by atoms with E-state index in [4.69, 9.17) is 4.74 Å². The van der Waals surface area contributed by atoms with Crippen molar-refractivity contribution in [3.8, 4) is 11.6 Å². The average Bonchev–Trinajstić information content (AvgIpc) is 2.08. The first-order valence-electron chi connectivity index (χ1n) is 3.95. The monoisotopic (exact) mass is 181 g/mol. The first-order chi connectivity index (χ1) is 6.22. The van der Waals surface area contributed by atoms with Crippen LogP contribution in [0.1, 0.15) is 13.8 Å². The van der Waals surface area contributed by atoms with Gasteiger partial charge in [0.25, 0.3) is 6.47 Å². The van der Waals surface area contributed by atoms with E-state index in [-0.39, 0.29) is 6.10 Å². The number of pyridine rings is 1. The molecule has 0 atom stereocenters. The summed E-state index contributed by atoms with van der Waals surface area (Å²) in [6, 6.07) is 3.28. The van der Waals surface area contributed by atoms with Crippen LogP contribution in [0.5, 0.6) is 11.6 Å². The van der Waals surface area contributed by atoms with Crippen molar-refractivity contribution >= 4 is 6.47 Å². The lowest BCUT2D eigenvalue weighted by molar-refractivity contribution is -0.120. The van der Waals surface area contributed by atoms with Crippen LogP contribution in [0.15, 0.2) is 18.3 Å². The highest BCUT2D eigenvalue weighted by atomic mass is 16.5. The number of carbonyl (C=O) groups is 1. The Kier molecular flexibility index (Phi) is 3.25. The summed E-state index contributed by atoms with van der Waals surface area (Å²) in [6.45, 7) is 4.19. The zero-order valence-corrected chi connectivity index (χ0v) is 7.56. The molecule has 4 nitrogen and oxygen atoms in total. The maximum absolute atomic E-state index is 9.96. The van der Waals surface area contributed by atoms with E-state index in [9.17, 15) is 4.79 Å². The van der Waals surface area contributed by atoms with Crippen LogP contribution < -0.4 is 9.47 Å². The number of carbonyl (C=O) groups excluding carboxylic acids is 1. The number of hydrogen-bond donors (Lipinski definition) is 0. The minimum atomic E-state index is 0.0883. The molecule has 0 amide bonds. The van der Waals surface area contributed by atoms with Crippen LogP contribution in [0.3, 0.4) is 0 Å². The van der Waals surface area contributed by atoms with E-state index in [1.807, 2.05) is 13.8 Å². The highest BCUT2D eigenvalue weighted by Gasteiger charge is 1.99. The van der Waals surface area contributed by atoms with Gasteiger partial charge in [0.05, 0.1) is 12.3 Å². The van der Waals surface area contributed by atoms with Crippen molar-refractivity contribution in [1.29, 1.82) is 0 Å². The number of nitrogens with zero attached hydrogens (tertiary/aromatic N) is 1. The van der Waals surface area contributed by atoms with E-state index >= 15 is 0 Å². The molecule has 0 aliphatic carbocycles. The molecule has 1 heterocycles. The summed E-state index contributed by atoms with van der Waals surface area (Å²) in [5, 5.41) is 0. The van der Waals surface area contributed by atoms with Gasteiger partial charge in [0.2, 0.25) is 5.88 Å². The van der Waals surface area contributed by atoms with Gasteiger partial charge in [0.1, 0.15) is 5.75 Å². The van der Waals surface area contributed by atoms with Crippen molar-refractivity contribution in [2.45, 2.75) is 20.0 Å². The van der Waals surface area contributed by atoms with Crippen LogP contribution in [-0.2, 0) is 4.79 Å². The summed E-state index contributed by atoms with van der Waals surface area (Å²) < 4.78 is 9.86. The molecule has 1 rings (SSSR count). The van der Waals surface area contributed by atoms with Gasteiger partial charge in [-0.15, -0.1) is 0 Å². The smallest absolute Gasteiger partial charge is 0.298 e. The van der Waals surface area contributed by atoms with Crippen molar-refractivity contribution < 1.29 is 14.3 Å². The van der Waals surface area contributed by atoms with E-state index in [2.05, 4.69) is 9.72 Å². The number of rotatable bonds is 4. The van der Waals surface area contributed by atoms with Gasteiger partial charge in [-0.3, -0.25) is 4.79 Å². The molecule has 0 aromatic carbocycles. The lowest BCUT2D eigenvalue weighted by Gasteiger charge is -2.07. The average molecular weight is 181 g/mol. The molecule has 0 spiro atoms. The van der Waals surface area contributed by atoms with E-state index in [0.29, 0.717) is 18.1 Å².